The summed E-state index contributed by atoms with van der Waals surface area (Å²) in [4.78, 5) is 6.95. The van der Waals surface area contributed by atoms with Gasteiger partial charge < -0.3 is 16.0 Å². The molecule has 21 heavy (non-hydrogen) atoms. The highest BCUT2D eigenvalue weighted by Gasteiger charge is 2.07. The summed E-state index contributed by atoms with van der Waals surface area (Å²) in [6.07, 6.45) is 5.38. The molecule has 1 fully saturated rings. The summed E-state index contributed by atoms with van der Waals surface area (Å²) < 4.78 is 0. The van der Waals surface area contributed by atoms with Crippen molar-refractivity contribution in [2.24, 2.45) is 10.7 Å². The SMILES string of the molecule is Cc1cc(C)cc(NC(N)=NCCN2CCCCCC2)c1. The molecule has 0 unspecified atom stereocenters. The number of nitrogens with one attached hydrogen (secondary N) is 1. The lowest BCUT2D eigenvalue weighted by Gasteiger charge is -2.18. The second kappa shape index (κ2) is 8.03. The summed E-state index contributed by atoms with van der Waals surface area (Å²) in [6, 6.07) is 6.33. The van der Waals surface area contributed by atoms with Gasteiger partial charge in [0.05, 0.1) is 6.54 Å². The van der Waals surface area contributed by atoms with Gasteiger partial charge in [-0.1, -0.05) is 18.9 Å². The van der Waals surface area contributed by atoms with Crippen LogP contribution in [0.1, 0.15) is 36.8 Å². The Bertz CT molecular complexity index is 453. The van der Waals surface area contributed by atoms with Gasteiger partial charge in [-0.25, -0.2) is 0 Å². The summed E-state index contributed by atoms with van der Waals surface area (Å²) in [5, 5.41) is 3.18. The number of aliphatic imine (C=N–C) groups is 1. The normalized spacial score (nSPS) is 17.5. The van der Waals surface area contributed by atoms with Crippen LogP contribution in [0.25, 0.3) is 0 Å². The zero-order valence-corrected chi connectivity index (χ0v) is 13.4. The van der Waals surface area contributed by atoms with Crippen LogP contribution in [0.2, 0.25) is 0 Å². The summed E-state index contributed by atoms with van der Waals surface area (Å²) in [7, 11) is 0. The lowest BCUT2D eigenvalue weighted by atomic mass is 10.1. The van der Waals surface area contributed by atoms with Crippen molar-refractivity contribution in [3.8, 4) is 0 Å². The Kier molecular flexibility index (Phi) is 6.05. The third kappa shape index (κ3) is 5.76. The van der Waals surface area contributed by atoms with E-state index in [1.165, 1.54) is 49.9 Å². The fourth-order valence-corrected chi connectivity index (χ4v) is 2.91. The van der Waals surface area contributed by atoms with Crippen molar-refractivity contribution in [3.05, 3.63) is 29.3 Å². The number of nitrogens with zero attached hydrogens (tertiary/aromatic N) is 2. The molecule has 0 aromatic heterocycles. The molecule has 1 aromatic rings. The van der Waals surface area contributed by atoms with Crippen LogP contribution in [0, 0.1) is 13.8 Å². The number of benzene rings is 1. The van der Waals surface area contributed by atoms with Crippen LogP contribution in [0.15, 0.2) is 23.2 Å². The van der Waals surface area contributed by atoms with Gasteiger partial charge in [-0.05, 0) is 63.0 Å². The summed E-state index contributed by atoms with van der Waals surface area (Å²) in [5.41, 5.74) is 9.45. The Morgan fingerprint density at radius 3 is 2.33 bits per heavy atom. The first-order valence-corrected chi connectivity index (χ1v) is 8.01. The first-order chi connectivity index (χ1) is 10.1. The maximum Gasteiger partial charge on any atom is 0.193 e. The molecule has 0 amide bonds. The lowest BCUT2D eigenvalue weighted by molar-refractivity contribution is 0.293. The molecule has 1 aromatic carbocycles. The molecule has 0 bridgehead atoms. The van der Waals surface area contributed by atoms with Crippen molar-refractivity contribution < 1.29 is 0 Å². The number of anilines is 1. The Labute approximate surface area is 128 Å². The van der Waals surface area contributed by atoms with Gasteiger partial charge in [-0.15, -0.1) is 0 Å². The molecule has 1 saturated heterocycles. The van der Waals surface area contributed by atoms with E-state index >= 15 is 0 Å². The first-order valence-electron chi connectivity index (χ1n) is 8.01. The lowest BCUT2D eigenvalue weighted by Crippen LogP contribution is -2.29. The van der Waals surface area contributed by atoms with Crippen LogP contribution >= 0.6 is 0 Å². The zero-order valence-electron chi connectivity index (χ0n) is 13.4. The van der Waals surface area contributed by atoms with Crippen molar-refractivity contribution in [1.29, 1.82) is 0 Å². The smallest absolute Gasteiger partial charge is 0.193 e. The van der Waals surface area contributed by atoms with Crippen molar-refractivity contribution in [2.45, 2.75) is 39.5 Å². The van der Waals surface area contributed by atoms with Crippen LogP contribution in [0.5, 0.6) is 0 Å². The van der Waals surface area contributed by atoms with Crippen molar-refractivity contribution in [2.75, 3.05) is 31.5 Å². The molecule has 1 aliphatic heterocycles. The number of aryl methyl sites for hydroxylation is 2. The van der Waals surface area contributed by atoms with Crippen molar-refractivity contribution in [1.82, 2.24) is 4.90 Å². The van der Waals surface area contributed by atoms with E-state index in [2.05, 4.69) is 47.3 Å². The van der Waals surface area contributed by atoms with Gasteiger partial charge in [0.2, 0.25) is 0 Å². The maximum atomic E-state index is 5.97. The number of hydrogen-bond acceptors (Lipinski definition) is 2. The molecule has 3 N–H and O–H groups in total. The van der Waals surface area contributed by atoms with Gasteiger partial charge in [0.15, 0.2) is 5.96 Å². The predicted octanol–water partition coefficient (Wildman–Crippen LogP) is 2.91. The highest BCUT2D eigenvalue weighted by molar-refractivity contribution is 5.92. The molecule has 0 saturated carbocycles. The second-order valence-corrected chi connectivity index (χ2v) is 6.02. The van der Waals surface area contributed by atoms with Crippen molar-refractivity contribution >= 4 is 11.6 Å². The summed E-state index contributed by atoms with van der Waals surface area (Å²) in [5.74, 6) is 0.509. The van der Waals surface area contributed by atoms with Crippen LogP contribution in [0.4, 0.5) is 5.69 Å². The molecule has 0 aliphatic carbocycles. The fourth-order valence-electron chi connectivity index (χ4n) is 2.91. The van der Waals surface area contributed by atoms with E-state index < -0.39 is 0 Å². The standard InChI is InChI=1S/C17H28N4/c1-14-11-15(2)13-16(12-14)20-17(18)19-7-10-21-8-5-3-4-6-9-21/h11-13H,3-10H2,1-2H3,(H3,18,19,20). The van der Waals surface area contributed by atoms with E-state index in [-0.39, 0.29) is 0 Å². The van der Waals surface area contributed by atoms with E-state index in [0.29, 0.717) is 5.96 Å². The summed E-state index contributed by atoms with van der Waals surface area (Å²) in [6.45, 7) is 8.37. The minimum Gasteiger partial charge on any atom is -0.370 e. The highest BCUT2D eigenvalue weighted by atomic mass is 15.1. The molecule has 1 heterocycles. The zero-order chi connectivity index (χ0) is 15.1. The third-order valence-corrected chi connectivity index (χ3v) is 3.89. The average Bonchev–Trinajstić information content (AvgIpc) is 2.66. The molecule has 4 heteroatoms. The van der Waals surface area contributed by atoms with E-state index in [1.807, 2.05) is 0 Å². The van der Waals surface area contributed by atoms with Crippen LogP contribution in [-0.2, 0) is 0 Å². The van der Waals surface area contributed by atoms with Crippen LogP contribution in [0.3, 0.4) is 0 Å². The Morgan fingerprint density at radius 1 is 1.10 bits per heavy atom. The monoisotopic (exact) mass is 288 g/mol. The Hall–Kier alpha value is -1.55. The topological polar surface area (TPSA) is 53.6 Å². The number of nitrogens with two attached hydrogens (primary N) is 1. The molecular formula is C17H28N4. The highest BCUT2D eigenvalue weighted by Crippen LogP contribution is 2.13. The van der Waals surface area contributed by atoms with Gasteiger partial charge in [0, 0.05) is 12.2 Å². The minimum atomic E-state index is 0.509. The quantitative estimate of drug-likeness (QED) is 0.661. The molecule has 0 spiro atoms. The van der Waals surface area contributed by atoms with Gasteiger partial charge >= 0.3 is 0 Å². The molecule has 2 rings (SSSR count). The Morgan fingerprint density at radius 2 is 1.71 bits per heavy atom. The Balaban J connectivity index is 1.80. The van der Waals surface area contributed by atoms with Gasteiger partial charge in [-0.2, -0.15) is 0 Å². The molecule has 0 atom stereocenters. The van der Waals surface area contributed by atoms with E-state index in [9.17, 15) is 0 Å². The third-order valence-electron chi connectivity index (χ3n) is 3.89. The first kappa shape index (κ1) is 15.8. The van der Waals surface area contributed by atoms with Crippen LogP contribution < -0.4 is 11.1 Å². The van der Waals surface area contributed by atoms with Crippen LogP contribution in [-0.4, -0.2) is 37.0 Å². The number of likely N-dealkylation sites (tertiary alicyclic amines) is 1. The largest absolute Gasteiger partial charge is 0.370 e. The van der Waals surface area contributed by atoms with E-state index in [0.717, 1.165) is 18.8 Å². The van der Waals surface area contributed by atoms with Crippen molar-refractivity contribution in [3.63, 3.8) is 0 Å². The molecule has 0 radical (unpaired) electrons. The van der Waals surface area contributed by atoms with E-state index in [1.54, 1.807) is 0 Å². The predicted molar refractivity (Wildman–Crippen MR) is 90.9 cm³/mol. The average molecular weight is 288 g/mol. The van der Waals surface area contributed by atoms with E-state index in [4.69, 9.17) is 5.73 Å². The summed E-state index contributed by atoms with van der Waals surface area (Å²) >= 11 is 0. The number of guanidine groups is 1. The number of hydrogen-bond donors (Lipinski definition) is 2. The minimum absolute atomic E-state index is 0.509. The molecule has 1 aliphatic rings. The van der Waals surface area contributed by atoms with Gasteiger partial charge in [0.25, 0.3) is 0 Å². The molecule has 116 valence electrons. The fraction of sp³-hybridized carbons (Fsp3) is 0.588. The number of rotatable bonds is 4. The maximum absolute atomic E-state index is 5.97. The molecule has 4 nitrogen and oxygen atoms in total. The van der Waals surface area contributed by atoms with Gasteiger partial charge in [-0.3, -0.25) is 4.99 Å². The second-order valence-electron chi connectivity index (χ2n) is 6.02. The molecular weight excluding hydrogens is 260 g/mol. The van der Waals surface area contributed by atoms with Gasteiger partial charge in [0.1, 0.15) is 0 Å².